The standard InChI is InChI=1S/C6H10O3/c1-6(2)8-4-5(3-7)9-6/h3,5H,4H2,1-2H3/t5-/m1/s1/i3D. The molecule has 0 saturated carbocycles. The quantitative estimate of drug-likeness (QED) is 0.481. The van der Waals surface area contributed by atoms with E-state index < -0.39 is 18.2 Å². The smallest absolute Gasteiger partial charge is 0.163 e. The molecule has 0 radical (unpaired) electrons. The molecule has 0 bridgehead atoms. The van der Waals surface area contributed by atoms with Crippen LogP contribution in [0.1, 0.15) is 15.2 Å². The van der Waals surface area contributed by atoms with Crippen LogP contribution in [0.3, 0.4) is 0 Å². The van der Waals surface area contributed by atoms with Gasteiger partial charge in [0.05, 0.1) is 6.61 Å². The number of carbonyl (C=O) groups excluding carboxylic acids is 1. The zero-order valence-corrected chi connectivity index (χ0v) is 5.51. The zero-order valence-electron chi connectivity index (χ0n) is 6.51. The Balaban J connectivity index is 2.51. The molecule has 1 atom stereocenters. The summed E-state index contributed by atoms with van der Waals surface area (Å²) in [6, 6.07) is 0. The SMILES string of the molecule is [2H]C(=O)[C@@H]1COC(C)(C)O1. The fourth-order valence-electron chi connectivity index (χ4n) is 0.745. The lowest BCUT2D eigenvalue weighted by molar-refractivity contribution is -0.145. The minimum atomic E-state index is -0.717. The molecule has 1 rings (SSSR count). The summed E-state index contributed by atoms with van der Waals surface area (Å²) in [5.74, 6) is -0.693. The number of hydrogen-bond donors (Lipinski definition) is 0. The van der Waals surface area contributed by atoms with Gasteiger partial charge in [-0.05, 0) is 13.8 Å². The molecule has 1 aliphatic heterocycles. The first-order valence-corrected chi connectivity index (χ1v) is 2.83. The maximum atomic E-state index is 10.4. The molecule has 9 heavy (non-hydrogen) atoms. The summed E-state index contributed by atoms with van der Waals surface area (Å²) in [7, 11) is 0. The van der Waals surface area contributed by atoms with E-state index in [1.165, 1.54) is 0 Å². The molecule has 1 fully saturated rings. The third-order valence-electron chi connectivity index (χ3n) is 1.14. The van der Waals surface area contributed by atoms with Crippen LogP contribution in [-0.2, 0) is 14.3 Å². The van der Waals surface area contributed by atoms with Crippen molar-refractivity contribution in [2.45, 2.75) is 25.7 Å². The minimum Gasteiger partial charge on any atom is -0.347 e. The Morgan fingerprint density at radius 3 is 2.78 bits per heavy atom. The number of ether oxygens (including phenoxy) is 2. The molecule has 0 aromatic carbocycles. The third-order valence-corrected chi connectivity index (χ3v) is 1.14. The summed E-state index contributed by atoms with van der Waals surface area (Å²) in [6.45, 7) is 3.64. The lowest BCUT2D eigenvalue weighted by atomic mass is 10.4. The Kier molecular flexibility index (Phi) is 1.24. The summed E-state index contributed by atoms with van der Waals surface area (Å²) in [5.41, 5.74) is 0. The Morgan fingerprint density at radius 2 is 2.56 bits per heavy atom. The number of carbonyl (C=O) groups is 1. The first-order chi connectivity index (χ1) is 4.51. The van der Waals surface area contributed by atoms with E-state index >= 15 is 0 Å². The van der Waals surface area contributed by atoms with Gasteiger partial charge < -0.3 is 14.3 Å². The predicted octanol–water partition coefficient (Wildman–Crippen LogP) is 0.337. The summed E-state index contributed by atoms with van der Waals surface area (Å²) in [5, 5.41) is 0. The van der Waals surface area contributed by atoms with Crippen LogP contribution in [0.2, 0.25) is 0 Å². The average Bonchev–Trinajstić information content (AvgIpc) is 2.10. The van der Waals surface area contributed by atoms with Crippen LogP contribution in [0.5, 0.6) is 0 Å². The second kappa shape index (κ2) is 2.08. The highest BCUT2D eigenvalue weighted by Crippen LogP contribution is 2.20. The molecule has 0 aromatic heterocycles. The van der Waals surface area contributed by atoms with Gasteiger partial charge >= 0.3 is 0 Å². The molecular formula is C6H10O3. The largest absolute Gasteiger partial charge is 0.347 e. The van der Waals surface area contributed by atoms with E-state index in [-0.39, 0.29) is 6.61 Å². The van der Waals surface area contributed by atoms with Crippen LogP contribution in [0.25, 0.3) is 0 Å². The lowest BCUT2D eigenvalue weighted by Crippen LogP contribution is -2.21. The average molecular weight is 131 g/mol. The van der Waals surface area contributed by atoms with Gasteiger partial charge in [0.25, 0.3) is 0 Å². The van der Waals surface area contributed by atoms with Crippen LogP contribution in [0, 0.1) is 0 Å². The van der Waals surface area contributed by atoms with Crippen molar-refractivity contribution in [3.8, 4) is 0 Å². The maximum Gasteiger partial charge on any atom is 0.163 e. The van der Waals surface area contributed by atoms with Crippen molar-refractivity contribution < 1.29 is 15.6 Å². The molecule has 0 N–H and O–H groups in total. The number of rotatable bonds is 1. The normalized spacial score (nSPS) is 34.0. The highest BCUT2D eigenvalue weighted by atomic mass is 16.7. The van der Waals surface area contributed by atoms with Gasteiger partial charge in [0.1, 0.15) is 7.47 Å². The molecular weight excluding hydrogens is 120 g/mol. The monoisotopic (exact) mass is 131 g/mol. The summed E-state index contributed by atoms with van der Waals surface area (Å²) in [6.07, 6.45) is -1.40. The molecule has 0 aromatic rings. The van der Waals surface area contributed by atoms with E-state index in [9.17, 15) is 4.79 Å². The molecule has 3 nitrogen and oxygen atoms in total. The van der Waals surface area contributed by atoms with Gasteiger partial charge in [-0.15, -0.1) is 0 Å². The zero-order chi connectivity index (χ0) is 7.78. The summed E-state index contributed by atoms with van der Waals surface area (Å²) >= 11 is 0. The predicted molar refractivity (Wildman–Crippen MR) is 31.0 cm³/mol. The molecule has 0 amide bonds. The third kappa shape index (κ3) is 1.50. The number of aldehydes is 1. The summed E-state index contributed by atoms with van der Waals surface area (Å²) in [4.78, 5) is 10.4. The minimum absolute atomic E-state index is 0.204. The maximum absolute atomic E-state index is 10.4. The second-order valence-corrected chi connectivity index (χ2v) is 2.44. The first kappa shape index (κ1) is 5.38. The van der Waals surface area contributed by atoms with Crippen molar-refractivity contribution in [1.29, 1.82) is 0 Å². The van der Waals surface area contributed by atoms with E-state index in [0.717, 1.165) is 0 Å². The van der Waals surface area contributed by atoms with E-state index in [2.05, 4.69) is 0 Å². The van der Waals surface area contributed by atoms with Crippen molar-refractivity contribution in [3.63, 3.8) is 0 Å². The molecule has 0 aliphatic carbocycles. The van der Waals surface area contributed by atoms with Gasteiger partial charge in [-0.25, -0.2) is 0 Å². The van der Waals surface area contributed by atoms with Crippen LogP contribution in [0.4, 0.5) is 0 Å². The van der Waals surface area contributed by atoms with Crippen LogP contribution in [0.15, 0.2) is 0 Å². The fourth-order valence-corrected chi connectivity index (χ4v) is 0.745. The van der Waals surface area contributed by atoms with Gasteiger partial charge in [0, 0.05) is 0 Å². The topological polar surface area (TPSA) is 35.5 Å². The first-order valence-electron chi connectivity index (χ1n) is 3.33. The highest BCUT2D eigenvalue weighted by molar-refractivity contribution is 5.56. The van der Waals surface area contributed by atoms with Gasteiger partial charge in [0.2, 0.25) is 0 Å². The Hall–Kier alpha value is -0.410. The lowest BCUT2D eigenvalue weighted by Gasteiger charge is -2.14. The van der Waals surface area contributed by atoms with Gasteiger partial charge in [-0.1, -0.05) is 0 Å². The molecule has 1 saturated heterocycles. The molecule has 0 spiro atoms. The van der Waals surface area contributed by atoms with Crippen molar-refractivity contribution in [3.05, 3.63) is 0 Å². The summed E-state index contributed by atoms with van der Waals surface area (Å²) < 4.78 is 16.8. The Morgan fingerprint density at radius 1 is 1.89 bits per heavy atom. The van der Waals surface area contributed by atoms with Gasteiger partial charge in [-0.3, -0.25) is 0 Å². The molecule has 1 heterocycles. The molecule has 1 aliphatic rings. The van der Waals surface area contributed by atoms with E-state index in [1.54, 1.807) is 13.8 Å². The van der Waals surface area contributed by atoms with Crippen molar-refractivity contribution in [2.75, 3.05) is 6.61 Å². The van der Waals surface area contributed by atoms with Crippen molar-refractivity contribution in [2.24, 2.45) is 0 Å². The fraction of sp³-hybridized carbons (Fsp3) is 0.833. The molecule has 52 valence electrons. The van der Waals surface area contributed by atoms with Crippen molar-refractivity contribution >= 4 is 6.26 Å². The molecule has 3 heteroatoms. The Bertz CT molecular complexity index is 155. The van der Waals surface area contributed by atoms with E-state index in [4.69, 9.17) is 10.8 Å². The van der Waals surface area contributed by atoms with Gasteiger partial charge in [-0.2, -0.15) is 0 Å². The Labute approximate surface area is 55.4 Å². The van der Waals surface area contributed by atoms with Crippen LogP contribution < -0.4 is 0 Å². The van der Waals surface area contributed by atoms with Gasteiger partial charge in [0.15, 0.2) is 12.0 Å². The van der Waals surface area contributed by atoms with E-state index in [1.807, 2.05) is 0 Å². The highest BCUT2D eigenvalue weighted by Gasteiger charge is 2.31. The van der Waals surface area contributed by atoms with Crippen LogP contribution in [-0.4, -0.2) is 24.8 Å². The van der Waals surface area contributed by atoms with Crippen LogP contribution >= 0.6 is 0 Å². The van der Waals surface area contributed by atoms with E-state index in [0.29, 0.717) is 0 Å². The second-order valence-electron chi connectivity index (χ2n) is 2.44. The molecule has 0 unspecified atom stereocenters. The van der Waals surface area contributed by atoms with Crippen molar-refractivity contribution in [1.82, 2.24) is 0 Å². The number of hydrogen-bond acceptors (Lipinski definition) is 3.